The molecule has 0 aliphatic heterocycles. The first-order valence-corrected chi connectivity index (χ1v) is 10.6. The SMILES string of the molecule is Cc1ccc(Nc2nccc(-c3c(-c4ccc(Cl)cc4)nn4ncccc34)n2)cc1C(F)(F)F. The summed E-state index contributed by atoms with van der Waals surface area (Å²) < 4.78 is 41.4. The first-order valence-electron chi connectivity index (χ1n) is 10.2. The number of rotatable bonds is 4. The van der Waals surface area contributed by atoms with Crippen molar-refractivity contribution in [2.75, 3.05) is 5.32 Å². The standard InChI is InChI=1S/C24H16ClF3N6/c1-14-4-9-17(13-18(14)24(26,27)28)31-23-29-12-10-19(32-23)21-20-3-2-11-30-34(20)33-22(21)15-5-7-16(25)8-6-15/h2-13H,1H3,(H,29,31,32). The normalized spacial score (nSPS) is 11.7. The van der Waals surface area contributed by atoms with Crippen molar-refractivity contribution in [1.82, 2.24) is 24.8 Å². The fourth-order valence-corrected chi connectivity index (χ4v) is 3.77. The van der Waals surface area contributed by atoms with Crippen LogP contribution >= 0.6 is 11.6 Å². The summed E-state index contributed by atoms with van der Waals surface area (Å²) >= 11 is 6.04. The minimum absolute atomic E-state index is 0.138. The minimum Gasteiger partial charge on any atom is -0.324 e. The summed E-state index contributed by atoms with van der Waals surface area (Å²) in [6, 6.07) is 16.6. The number of hydrogen-bond acceptors (Lipinski definition) is 5. The summed E-state index contributed by atoms with van der Waals surface area (Å²) in [5, 5.41) is 12.4. The quantitative estimate of drug-likeness (QED) is 0.315. The maximum atomic E-state index is 13.3. The second-order valence-electron chi connectivity index (χ2n) is 7.55. The van der Waals surface area contributed by atoms with Crippen molar-refractivity contribution in [2.45, 2.75) is 13.1 Å². The van der Waals surface area contributed by atoms with Gasteiger partial charge in [0.1, 0.15) is 5.69 Å². The Labute approximate surface area is 197 Å². The number of anilines is 2. The number of alkyl halides is 3. The molecule has 2 aromatic carbocycles. The lowest BCUT2D eigenvalue weighted by Crippen LogP contribution is -2.08. The van der Waals surface area contributed by atoms with Gasteiger partial charge >= 0.3 is 6.18 Å². The second-order valence-corrected chi connectivity index (χ2v) is 7.98. The van der Waals surface area contributed by atoms with Gasteiger partial charge in [-0.2, -0.15) is 22.9 Å². The van der Waals surface area contributed by atoms with Crippen LogP contribution in [0.4, 0.5) is 24.8 Å². The average molecular weight is 481 g/mol. The van der Waals surface area contributed by atoms with Gasteiger partial charge in [0.25, 0.3) is 0 Å². The number of aryl methyl sites for hydroxylation is 1. The number of nitrogens with one attached hydrogen (secondary N) is 1. The van der Waals surface area contributed by atoms with Gasteiger partial charge in [0.05, 0.1) is 22.3 Å². The van der Waals surface area contributed by atoms with E-state index in [4.69, 9.17) is 11.6 Å². The van der Waals surface area contributed by atoms with Crippen molar-refractivity contribution in [3.8, 4) is 22.5 Å². The van der Waals surface area contributed by atoms with E-state index < -0.39 is 11.7 Å². The van der Waals surface area contributed by atoms with E-state index in [1.165, 1.54) is 23.8 Å². The van der Waals surface area contributed by atoms with Crippen LogP contribution in [-0.2, 0) is 6.18 Å². The van der Waals surface area contributed by atoms with E-state index in [0.29, 0.717) is 27.5 Å². The third-order valence-electron chi connectivity index (χ3n) is 5.25. The summed E-state index contributed by atoms with van der Waals surface area (Å²) in [6.45, 7) is 1.42. The largest absolute Gasteiger partial charge is 0.416 e. The number of nitrogens with zero attached hydrogens (tertiary/aromatic N) is 5. The zero-order valence-electron chi connectivity index (χ0n) is 17.7. The molecule has 0 unspecified atom stereocenters. The smallest absolute Gasteiger partial charge is 0.324 e. The Morgan fingerprint density at radius 1 is 0.971 bits per heavy atom. The van der Waals surface area contributed by atoms with E-state index in [1.807, 2.05) is 18.2 Å². The van der Waals surface area contributed by atoms with Gasteiger partial charge in [0.2, 0.25) is 5.95 Å². The summed E-state index contributed by atoms with van der Waals surface area (Å²) in [5.41, 5.74) is 3.06. The van der Waals surface area contributed by atoms with Crippen molar-refractivity contribution in [3.05, 3.63) is 89.2 Å². The Bertz CT molecular complexity index is 1500. The molecule has 0 bridgehead atoms. The first kappa shape index (κ1) is 21.8. The molecule has 0 saturated carbocycles. The number of benzene rings is 2. The molecule has 5 rings (SSSR count). The van der Waals surface area contributed by atoms with Gasteiger partial charge in [0.15, 0.2) is 0 Å². The molecule has 0 saturated heterocycles. The fraction of sp³-hybridized carbons (Fsp3) is 0.0833. The van der Waals surface area contributed by atoms with Crippen molar-refractivity contribution >= 4 is 28.8 Å². The molecule has 5 aromatic rings. The van der Waals surface area contributed by atoms with Crippen LogP contribution in [-0.4, -0.2) is 24.8 Å². The minimum atomic E-state index is -4.46. The van der Waals surface area contributed by atoms with Crippen LogP contribution < -0.4 is 5.32 Å². The molecule has 170 valence electrons. The van der Waals surface area contributed by atoms with Crippen LogP contribution in [0.2, 0.25) is 5.02 Å². The van der Waals surface area contributed by atoms with Crippen LogP contribution in [0.15, 0.2) is 73.1 Å². The Kier molecular flexibility index (Phi) is 5.41. The Balaban J connectivity index is 1.59. The second kappa shape index (κ2) is 8.42. The predicted molar refractivity (Wildman–Crippen MR) is 124 cm³/mol. The lowest BCUT2D eigenvalue weighted by molar-refractivity contribution is -0.138. The maximum Gasteiger partial charge on any atom is 0.416 e. The molecule has 1 N–H and O–H groups in total. The van der Waals surface area contributed by atoms with Gasteiger partial charge in [-0.1, -0.05) is 29.8 Å². The zero-order chi connectivity index (χ0) is 23.9. The Hall–Kier alpha value is -3.98. The lowest BCUT2D eigenvalue weighted by Gasteiger charge is -2.13. The first-order chi connectivity index (χ1) is 16.3. The molecule has 34 heavy (non-hydrogen) atoms. The fourth-order valence-electron chi connectivity index (χ4n) is 3.65. The van der Waals surface area contributed by atoms with E-state index in [9.17, 15) is 13.2 Å². The maximum absolute atomic E-state index is 13.3. The molecule has 0 spiro atoms. The third-order valence-corrected chi connectivity index (χ3v) is 5.50. The Morgan fingerprint density at radius 3 is 2.53 bits per heavy atom. The summed E-state index contributed by atoms with van der Waals surface area (Å²) in [4.78, 5) is 8.76. The van der Waals surface area contributed by atoms with E-state index in [-0.39, 0.29) is 17.2 Å². The third kappa shape index (κ3) is 4.17. The highest BCUT2D eigenvalue weighted by molar-refractivity contribution is 6.30. The number of hydrogen-bond donors (Lipinski definition) is 1. The number of fused-ring (bicyclic) bond motifs is 1. The molecule has 0 aliphatic rings. The van der Waals surface area contributed by atoms with Crippen molar-refractivity contribution in [3.63, 3.8) is 0 Å². The molecule has 0 aliphatic carbocycles. The Morgan fingerprint density at radius 2 is 1.76 bits per heavy atom. The van der Waals surface area contributed by atoms with Gasteiger partial charge in [-0.25, -0.2) is 9.97 Å². The van der Waals surface area contributed by atoms with Gasteiger partial charge in [0, 0.05) is 28.7 Å². The molecular weight excluding hydrogens is 465 g/mol. The summed E-state index contributed by atoms with van der Waals surface area (Å²) in [6.07, 6.45) is -1.30. The number of aromatic nitrogens is 5. The highest BCUT2D eigenvalue weighted by atomic mass is 35.5. The molecule has 3 heterocycles. The highest BCUT2D eigenvalue weighted by Crippen LogP contribution is 2.36. The van der Waals surface area contributed by atoms with Crippen LogP contribution in [0.1, 0.15) is 11.1 Å². The van der Waals surface area contributed by atoms with E-state index in [1.54, 1.807) is 36.5 Å². The van der Waals surface area contributed by atoms with Gasteiger partial charge < -0.3 is 5.32 Å². The van der Waals surface area contributed by atoms with Crippen LogP contribution in [0.5, 0.6) is 0 Å². The monoisotopic (exact) mass is 480 g/mol. The predicted octanol–water partition coefficient (Wildman–Crippen LogP) is 6.58. The average Bonchev–Trinajstić information content (AvgIpc) is 3.20. The molecule has 6 nitrogen and oxygen atoms in total. The number of halogens is 4. The van der Waals surface area contributed by atoms with Gasteiger partial charge in [-0.3, -0.25) is 0 Å². The molecule has 0 fully saturated rings. The molecule has 0 amide bonds. The van der Waals surface area contributed by atoms with Crippen LogP contribution in [0.3, 0.4) is 0 Å². The van der Waals surface area contributed by atoms with Gasteiger partial charge in [-0.05, 0) is 55.0 Å². The van der Waals surface area contributed by atoms with Gasteiger partial charge in [-0.15, -0.1) is 5.10 Å². The molecule has 0 atom stereocenters. The van der Waals surface area contributed by atoms with Crippen LogP contribution in [0.25, 0.3) is 28.0 Å². The lowest BCUT2D eigenvalue weighted by atomic mass is 10.0. The summed E-state index contributed by atoms with van der Waals surface area (Å²) in [5.74, 6) is 0.153. The van der Waals surface area contributed by atoms with E-state index >= 15 is 0 Å². The van der Waals surface area contributed by atoms with Crippen LogP contribution in [0, 0.1) is 6.92 Å². The molecule has 3 aromatic heterocycles. The van der Waals surface area contributed by atoms with E-state index in [2.05, 4.69) is 25.5 Å². The summed E-state index contributed by atoms with van der Waals surface area (Å²) in [7, 11) is 0. The molecule has 10 heteroatoms. The highest BCUT2D eigenvalue weighted by Gasteiger charge is 2.32. The molecule has 0 radical (unpaired) electrons. The van der Waals surface area contributed by atoms with Crippen molar-refractivity contribution in [1.29, 1.82) is 0 Å². The zero-order valence-corrected chi connectivity index (χ0v) is 18.4. The van der Waals surface area contributed by atoms with Crippen molar-refractivity contribution < 1.29 is 13.2 Å². The van der Waals surface area contributed by atoms with E-state index in [0.717, 1.165) is 11.6 Å². The molecular formula is C24H16ClF3N6. The topological polar surface area (TPSA) is 68.0 Å². The van der Waals surface area contributed by atoms with Crippen molar-refractivity contribution in [2.24, 2.45) is 0 Å².